The van der Waals surface area contributed by atoms with Gasteiger partial charge < -0.3 is 9.47 Å². The highest BCUT2D eigenvalue weighted by molar-refractivity contribution is 7.98. The van der Waals surface area contributed by atoms with Crippen LogP contribution in [0.4, 0.5) is 0 Å². The van der Waals surface area contributed by atoms with E-state index in [9.17, 15) is 9.59 Å². The van der Waals surface area contributed by atoms with Crippen LogP contribution in [0, 0.1) is 6.92 Å². The molecule has 0 fully saturated rings. The number of thiazole rings is 1. The fourth-order valence-corrected chi connectivity index (χ4v) is 3.34. The molecule has 1 aromatic heterocycles. The van der Waals surface area contributed by atoms with Crippen molar-refractivity contribution in [2.45, 2.75) is 31.3 Å². The topological polar surface area (TPSA) is 42.3 Å². The fraction of sp³-hybridized carbons (Fsp3) is 0.375. The second-order valence-corrected chi connectivity index (χ2v) is 6.84. The van der Waals surface area contributed by atoms with Gasteiger partial charge in [-0.1, -0.05) is 23.5 Å². The number of amides is 1. The van der Waals surface area contributed by atoms with Gasteiger partial charge in [-0.25, -0.2) is 0 Å². The first-order valence-electron chi connectivity index (χ1n) is 7.03. The number of carbonyl (C=O) groups excluding carboxylic acids is 1. The Morgan fingerprint density at radius 2 is 2.00 bits per heavy atom. The lowest BCUT2D eigenvalue weighted by Crippen LogP contribution is -2.28. The Balaban J connectivity index is 1.90. The minimum absolute atomic E-state index is 0.000562. The SMILES string of the molecule is CSc1ccc(CN(C)C(=O)CCn2c(C)csc2=O)cc1. The normalized spacial score (nSPS) is 10.7. The van der Waals surface area contributed by atoms with Gasteiger partial charge in [0.1, 0.15) is 0 Å². The molecule has 1 heterocycles. The molecule has 2 rings (SSSR count). The van der Waals surface area contributed by atoms with Crippen molar-refractivity contribution < 1.29 is 4.79 Å². The Hall–Kier alpha value is -1.53. The highest BCUT2D eigenvalue weighted by Gasteiger charge is 2.11. The summed E-state index contributed by atoms with van der Waals surface area (Å²) in [4.78, 5) is 26.7. The van der Waals surface area contributed by atoms with Gasteiger partial charge in [0, 0.05) is 42.5 Å². The van der Waals surface area contributed by atoms with E-state index in [2.05, 4.69) is 12.1 Å². The number of nitrogens with zero attached hydrogens (tertiary/aromatic N) is 2. The number of aromatic nitrogens is 1. The molecule has 1 amide bonds. The molecule has 118 valence electrons. The van der Waals surface area contributed by atoms with Gasteiger partial charge in [-0.05, 0) is 30.9 Å². The zero-order chi connectivity index (χ0) is 16.1. The van der Waals surface area contributed by atoms with E-state index in [0.717, 1.165) is 11.3 Å². The van der Waals surface area contributed by atoms with Crippen molar-refractivity contribution in [3.63, 3.8) is 0 Å². The molecule has 0 bridgehead atoms. The first-order chi connectivity index (χ1) is 10.5. The van der Waals surface area contributed by atoms with Crippen molar-refractivity contribution in [2.75, 3.05) is 13.3 Å². The van der Waals surface area contributed by atoms with Crippen molar-refractivity contribution in [3.05, 3.63) is 50.6 Å². The van der Waals surface area contributed by atoms with E-state index >= 15 is 0 Å². The van der Waals surface area contributed by atoms with Crippen LogP contribution in [0.3, 0.4) is 0 Å². The fourth-order valence-electron chi connectivity index (χ4n) is 2.17. The molecule has 1 aromatic carbocycles. The maximum absolute atomic E-state index is 12.2. The Kier molecular flexibility index (Phi) is 5.85. The number of carbonyl (C=O) groups is 1. The lowest BCUT2D eigenvalue weighted by Gasteiger charge is -2.17. The van der Waals surface area contributed by atoms with Crippen LogP contribution < -0.4 is 4.87 Å². The van der Waals surface area contributed by atoms with Crippen LogP contribution in [-0.2, 0) is 17.9 Å². The van der Waals surface area contributed by atoms with Crippen molar-refractivity contribution in [1.29, 1.82) is 0 Å². The van der Waals surface area contributed by atoms with Crippen LogP contribution in [0.1, 0.15) is 17.7 Å². The van der Waals surface area contributed by atoms with Crippen molar-refractivity contribution in [3.8, 4) is 0 Å². The summed E-state index contributed by atoms with van der Waals surface area (Å²) in [5.41, 5.74) is 2.02. The van der Waals surface area contributed by atoms with Crippen LogP contribution in [0.2, 0.25) is 0 Å². The van der Waals surface area contributed by atoms with Gasteiger partial charge in [0.2, 0.25) is 5.91 Å². The molecule has 0 saturated carbocycles. The van der Waals surface area contributed by atoms with Crippen LogP contribution >= 0.6 is 23.1 Å². The third-order valence-electron chi connectivity index (χ3n) is 3.53. The predicted molar refractivity (Wildman–Crippen MR) is 92.6 cm³/mol. The van der Waals surface area contributed by atoms with Gasteiger partial charge in [0.15, 0.2) is 0 Å². The van der Waals surface area contributed by atoms with E-state index in [-0.39, 0.29) is 10.8 Å². The average molecular weight is 336 g/mol. The molecule has 22 heavy (non-hydrogen) atoms. The summed E-state index contributed by atoms with van der Waals surface area (Å²) in [7, 11) is 1.80. The van der Waals surface area contributed by atoms with Gasteiger partial charge >= 0.3 is 4.87 Å². The third kappa shape index (κ3) is 4.24. The highest BCUT2D eigenvalue weighted by Crippen LogP contribution is 2.15. The van der Waals surface area contributed by atoms with Gasteiger partial charge in [0.05, 0.1) is 0 Å². The highest BCUT2D eigenvalue weighted by atomic mass is 32.2. The lowest BCUT2D eigenvalue weighted by molar-refractivity contribution is -0.130. The molecule has 0 atom stereocenters. The molecule has 0 aliphatic carbocycles. The first kappa shape index (κ1) is 16.8. The van der Waals surface area contributed by atoms with Crippen molar-refractivity contribution >= 4 is 29.0 Å². The molecule has 0 N–H and O–H groups in total. The van der Waals surface area contributed by atoms with E-state index in [0.29, 0.717) is 19.5 Å². The third-order valence-corrected chi connectivity index (χ3v) is 5.15. The molecular formula is C16H20N2O2S2. The maximum Gasteiger partial charge on any atom is 0.307 e. The zero-order valence-corrected chi connectivity index (χ0v) is 14.7. The van der Waals surface area contributed by atoms with E-state index in [1.54, 1.807) is 28.3 Å². The molecule has 2 aromatic rings. The Bertz CT molecular complexity index is 689. The molecular weight excluding hydrogens is 316 g/mol. The number of hydrogen-bond donors (Lipinski definition) is 0. The van der Waals surface area contributed by atoms with Crippen molar-refractivity contribution in [2.24, 2.45) is 0 Å². The monoisotopic (exact) mass is 336 g/mol. The summed E-state index contributed by atoms with van der Waals surface area (Å²) in [6, 6.07) is 8.21. The maximum atomic E-state index is 12.2. The minimum Gasteiger partial charge on any atom is -0.341 e. The summed E-state index contributed by atoms with van der Waals surface area (Å²) in [6.07, 6.45) is 2.38. The molecule has 0 spiro atoms. The van der Waals surface area contributed by atoms with Crippen LogP contribution in [0.25, 0.3) is 0 Å². The van der Waals surface area contributed by atoms with Crippen LogP contribution in [0.5, 0.6) is 0 Å². The molecule has 0 aliphatic rings. The van der Waals surface area contributed by atoms with E-state index in [1.165, 1.54) is 16.2 Å². The smallest absolute Gasteiger partial charge is 0.307 e. The van der Waals surface area contributed by atoms with Crippen molar-refractivity contribution in [1.82, 2.24) is 9.47 Å². The molecule has 0 aliphatic heterocycles. The number of benzene rings is 1. The summed E-state index contributed by atoms with van der Waals surface area (Å²) in [5.74, 6) is 0.0476. The minimum atomic E-state index is 0.000562. The number of hydrogen-bond acceptors (Lipinski definition) is 4. The summed E-state index contributed by atoms with van der Waals surface area (Å²) in [6.45, 7) is 2.92. The Morgan fingerprint density at radius 1 is 1.32 bits per heavy atom. The average Bonchev–Trinajstić information content (AvgIpc) is 2.84. The zero-order valence-electron chi connectivity index (χ0n) is 13.0. The summed E-state index contributed by atoms with van der Waals surface area (Å²) < 4.78 is 1.66. The van der Waals surface area contributed by atoms with Gasteiger partial charge in [-0.2, -0.15) is 0 Å². The van der Waals surface area contributed by atoms with E-state index in [1.807, 2.05) is 30.7 Å². The largest absolute Gasteiger partial charge is 0.341 e. The van der Waals surface area contributed by atoms with E-state index < -0.39 is 0 Å². The first-order valence-corrected chi connectivity index (χ1v) is 9.13. The van der Waals surface area contributed by atoms with Gasteiger partial charge in [0.25, 0.3) is 0 Å². The van der Waals surface area contributed by atoms with Gasteiger partial charge in [-0.15, -0.1) is 11.8 Å². The quantitative estimate of drug-likeness (QED) is 0.762. The summed E-state index contributed by atoms with van der Waals surface area (Å²) >= 11 is 2.88. The molecule has 0 unspecified atom stereocenters. The Labute approximate surface area is 138 Å². The summed E-state index contributed by atoms with van der Waals surface area (Å²) in [5, 5.41) is 1.82. The van der Waals surface area contributed by atoms with E-state index in [4.69, 9.17) is 0 Å². The van der Waals surface area contributed by atoms with Gasteiger partial charge in [-0.3, -0.25) is 9.59 Å². The second-order valence-electron chi connectivity index (χ2n) is 5.14. The second kappa shape index (κ2) is 7.65. The lowest BCUT2D eigenvalue weighted by atomic mass is 10.2. The number of rotatable bonds is 6. The molecule has 6 heteroatoms. The molecule has 0 radical (unpaired) electrons. The number of aryl methyl sites for hydroxylation is 1. The number of thioether (sulfide) groups is 1. The van der Waals surface area contributed by atoms with Crippen LogP contribution in [0.15, 0.2) is 39.3 Å². The molecule has 0 saturated heterocycles. The van der Waals surface area contributed by atoms with Crippen LogP contribution in [-0.4, -0.2) is 28.7 Å². The predicted octanol–water partition coefficient (Wildman–Crippen LogP) is 2.99. The Morgan fingerprint density at radius 3 is 2.55 bits per heavy atom. The molecule has 4 nitrogen and oxygen atoms in total. The standard InChI is InChI=1S/C16H20N2O2S2/c1-12-11-22-16(20)18(12)9-8-15(19)17(2)10-13-4-6-14(21-3)7-5-13/h4-7,11H,8-10H2,1-3H3.